The van der Waals surface area contributed by atoms with Crippen molar-refractivity contribution in [2.75, 3.05) is 32.8 Å². The van der Waals surface area contributed by atoms with Crippen LogP contribution in [0, 0.1) is 0 Å². The maximum atomic E-state index is 5.35. The number of nitrogens with zero attached hydrogens (tertiary/aromatic N) is 4. The van der Waals surface area contributed by atoms with Crippen LogP contribution in [0.1, 0.15) is 24.5 Å². The van der Waals surface area contributed by atoms with Crippen LogP contribution in [0.4, 0.5) is 0 Å². The Kier molecular flexibility index (Phi) is 3.38. The summed E-state index contributed by atoms with van der Waals surface area (Å²) in [6, 6.07) is 0. The van der Waals surface area contributed by atoms with Crippen molar-refractivity contribution in [2.45, 2.75) is 32.2 Å². The first-order chi connectivity index (χ1) is 8.43. The van der Waals surface area contributed by atoms with E-state index in [2.05, 4.69) is 19.7 Å². The number of hydrogen-bond acceptors (Lipinski definition) is 4. The molecule has 0 aliphatic carbocycles. The summed E-state index contributed by atoms with van der Waals surface area (Å²) in [7, 11) is 0. The van der Waals surface area contributed by atoms with Gasteiger partial charge in [0, 0.05) is 39.0 Å². The molecule has 1 aromatic heterocycles. The van der Waals surface area contributed by atoms with Gasteiger partial charge in [0.2, 0.25) is 0 Å². The van der Waals surface area contributed by atoms with Gasteiger partial charge in [0.15, 0.2) is 0 Å². The third-order valence-corrected chi connectivity index (χ3v) is 3.69. The first kappa shape index (κ1) is 11.2. The first-order valence-corrected chi connectivity index (χ1v) is 6.64. The molecule has 3 rings (SSSR count). The van der Waals surface area contributed by atoms with E-state index in [1.54, 1.807) is 0 Å². The lowest BCUT2D eigenvalue weighted by Gasteiger charge is -2.26. The molecule has 0 atom stereocenters. The fraction of sp³-hybridized carbons (Fsp3) is 0.833. The molecular formula is C12H20N4O. The molecule has 0 unspecified atom stereocenters. The van der Waals surface area contributed by atoms with Gasteiger partial charge in [-0.2, -0.15) is 0 Å². The van der Waals surface area contributed by atoms with Gasteiger partial charge in [-0.25, -0.2) is 0 Å². The average Bonchev–Trinajstić information content (AvgIpc) is 2.81. The Morgan fingerprint density at radius 2 is 1.94 bits per heavy atom. The molecule has 2 aliphatic rings. The van der Waals surface area contributed by atoms with E-state index in [-0.39, 0.29) is 0 Å². The molecule has 94 valence electrons. The van der Waals surface area contributed by atoms with Crippen LogP contribution < -0.4 is 0 Å². The zero-order valence-electron chi connectivity index (χ0n) is 10.3. The maximum absolute atomic E-state index is 5.35. The highest BCUT2D eigenvalue weighted by atomic mass is 16.5. The summed E-state index contributed by atoms with van der Waals surface area (Å²) >= 11 is 0. The van der Waals surface area contributed by atoms with Crippen molar-refractivity contribution in [1.29, 1.82) is 0 Å². The summed E-state index contributed by atoms with van der Waals surface area (Å²) in [5.74, 6) is 2.36. The molecule has 5 heteroatoms. The molecule has 0 bridgehead atoms. The molecule has 17 heavy (non-hydrogen) atoms. The molecule has 0 spiro atoms. The predicted molar refractivity (Wildman–Crippen MR) is 63.9 cm³/mol. The second-order valence-corrected chi connectivity index (χ2v) is 4.85. The smallest absolute Gasteiger partial charge is 0.134 e. The summed E-state index contributed by atoms with van der Waals surface area (Å²) in [4.78, 5) is 2.45. The highest BCUT2D eigenvalue weighted by molar-refractivity contribution is 4.99. The van der Waals surface area contributed by atoms with E-state index in [1.165, 1.54) is 24.5 Å². The molecular weight excluding hydrogens is 216 g/mol. The predicted octanol–water partition coefficient (Wildman–Crippen LogP) is 0.489. The maximum Gasteiger partial charge on any atom is 0.134 e. The summed E-state index contributed by atoms with van der Waals surface area (Å²) in [6.45, 7) is 6.06. The SMILES string of the molecule is C1CCn2c(nnc2CCN2CCOCC2)C1. The van der Waals surface area contributed by atoms with E-state index in [0.29, 0.717) is 0 Å². The van der Waals surface area contributed by atoms with Gasteiger partial charge in [-0.3, -0.25) is 4.90 Å². The van der Waals surface area contributed by atoms with Crippen LogP contribution >= 0.6 is 0 Å². The molecule has 0 saturated carbocycles. The summed E-state index contributed by atoms with van der Waals surface area (Å²) in [6.07, 6.45) is 4.66. The number of aryl methyl sites for hydroxylation is 1. The topological polar surface area (TPSA) is 43.2 Å². The average molecular weight is 236 g/mol. The zero-order valence-corrected chi connectivity index (χ0v) is 10.3. The van der Waals surface area contributed by atoms with Crippen molar-refractivity contribution in [2.24, 2.45) is 0 Å². The molecule has 0 N–H and O–H groups in total. The normalized spacial score (nSPS) is 21.4. The van der Waals surface area contributed by atoms with Crippen LogP contribution in [-0.2, 0) is 24.1 Å². The Hall–Kier alpha value is -0.940. The zero-order chi connectivity index (χ0) is 11.5. The lowest BCUT2D eigenvalue weighted by molar-refractivity contribution is 0.0381. The van der Waals surface area contributed by atoms with Crippen molar-refractivity contribution in [3.63, 3.8) is 0 Å². The number of ether oxygens (including phenoxy) is 1. The molecule has 5 nitrogen and oxygen atoms in total. The monoisotopic (exact) mass is 236 g/mol. The van der Waals surface area contributed by atoms with Crippen LogP contribution in [0.15, 0.2) is 0 Å². The second-order valence-electron chi connectivity index (χ2n) is 4.85. The Balaban J connectivity index is 1.59. The molecule has 1 aromatic rings. The van der Waals surface area contributed by atoms with E-state index in [0.717, 1.165) is 52.2 Å². The van der Waals surface area contributed by atoms with Gasteiger partial charge in [-0.1, -0.05) is 0 Å². The summed E-state index contributed by atoms with van der Waals surface area (Å²) < 4.78 is 7.68. The van der Waals surface area contributed by atoms with Gasteiger partial charge in [0.05, 0.1) is 13.2 Å². The van der Waals surface area contributed by atoms with Crippen molar-refractivity contribution < 1.29 is 4.74 Å². The minimum atomic E-state index is 0.873. The Bertz CT molecular complexity index is 371. The van der Waals surface area contributed by atoms with Crippen LogP contribution in [0.5, 0.6) is 0 Å². The Morgan fingerprint density at radius 1 is 1.06 bits per heavy atom. The molecule has 1 saturated heterocycles. The van der Waals surface area contributed by atoms with Gasteiger partial charge >= 0.3 is 0 Å². The minimum Gasteiger partial charge on any atom is -0.379 e. The van der Waals surface area contributed by atoms with Gasteiger partial charge in [0.1, 0.15) is 11.6 Å². The van der Waals surface area contributed by atoms with Crippen molar-refractivity contribution in [3.05, 3.63) is 11.6 Å². The molecule has 3 heterocycles. The number of morpholine rings is 1. The van der Waals surface area contributed by atoms with E-state index in [4.69, 9.17) is 4.74 Å². The summed E-state index contributed by atoms with van der Waals surface area (Å²) in [5, 5.41) is 8.63. The highest BCUT2D eigenvalue weighted by Crippen LogP contribution is 2.14. The summed E-state index contributed by atoms with van der Waals surface area (Å²) in [5.41, 5.74) is 0. The fourth-order valence-electron chi connectivity index (χ4n) is 2.64. The molecule has 0 aromatic carbocycles. The number of aromatic nitrogens is 3. The van der Waals surface area contributed by atoms with Crippen LogP contribution in [-0.4, -0.2) is 52.5 Å². The molecule has 1 fully saturated rings. The lowest BCUT2D eigenvalue weighted by atomic mass is 10.1. The molecule has 2 aliphatic heterocycles. The largest absolute Gasteiger partial charge is 0.379 e. The van der Waals surface area contributed by atoms with Gasteiger partial charge < -0.3 is 9.30 Å². The number of hydrogen-bond donors (Lipinski definition) is 0. The lowest BCUT2D eigenvalue weighted by Crippen LogP contribution is -2.37. The van der Waals surface area contributed by atoms with Crippen LogP contribution in [0.2, 0.25) is 0 Å². The Labute approximate surface area is 102 Å². The fourth-order valence-corrected chi connectivity index (χ4v) is 2.64. The van der Waals surface area contributed by atoms with Crippen molar-refractivity contribution >= 4 is 0 Å². The van der Waals surface area contributed by atoms with Gasteiger partial charge in [0.25, 0.3) is 0 Å². The first-order valence-electron chi connectivity index (χ1n) is 6.64. The van der Waals surface area contributed by atoms with Gasteiger partial charge in [-0.05, 0) is 12.8 Å². The quantitative estimate of drug-likeness (QED) is 0.766. The van der Waals surface area contributed by atoms with Crippen molar-refractivity contribution in [1.82, 2.24) is 19.7 Å². The van der Waals surface area contributed by atoms with Gasteiger partial charge in [-0.15, -0.1) is 10.2 Å². The second kappa shape index (κ2) is 5.14. The number of fused-ring (bicyclic) bond motifs is 1. The third kappa shape index (κ3) is 2.50. The van der Waals surface area contributed by atoms with E-state index in [1.807, 2.05) is 0 Å². The molecule has 0 radical (unpaired) electrons. The number of rotatable bonds is 3. The standard InChI is InChI=1S/C12H20N4O/c1-2-5-16-11(3-1)13-14-12(16)4-6-15-7-9-17-10-8-15/h1-10H2. The van der Waals surface area contributed by atoms with Crippen molar-refractivity contribution in [3.8, 4) is 0 Å². The minimum absolute atomic E-state index is 0.873. The Morgan fingerprint density at radius 3 is 2.82 bits per heavy atom. The van der Waals surface area contributed by atoms with E-state index >= 15 is 0 Å². The third-order valence-electron chi connectivity index (χ3n) is 3.69. The highest BCUT2D eigenvalue weighted by Gasteiger charge is 2.17. The van der Waals surface area contributed by atoms with E-state index in [9.17, 15) is 0 Å². The van der Waals surface area contributed by atoms with Crippen LogP contribution in [0.3, 0.4) is 0 Å². The van der Waals surface area contributed by atoms with E-state index < -0.39 is 0 Å². The van der Waals surface area contributed by atoms with Crippen LogP contribution in [0.25, 0.3) is 0 Å². The molecule has 0 amide bonds.